The Labute approximate surface area is 207 Å². The predicted molar refractivity (Wildman–Crippen MR) is 127 cm³/mol. The summed E-state index contributed by atoms with van der Waals surface area (Å²) in [5.41, 5.74) is 0. The van der Waals surface area contributed by atoms with E-state index in [0.717, 1.165) is 0 Å². The van der Waals surface area contributed by atoms with E-state index in [1.54, 1.807) is 36.4 Å². The van der Waals surface area contributed by atoms with Crippen molar-refractivity contribution in [3.05, 3.63) is 48.7 Å². The Hall–Kier alpha value is -3.35. The zero-order chi connectivity index (χ0) is 25.4. The smallest absolute Gasteiger partial charge is 0.310 e. The molecule has 2 saturated heterocycles. The van der Waals surface area contributed by atoms with Crippen LogP contribution in [0.2, 0.25) is 0 Å². The summed E-state index contributed by atoms with van der Waals surface area (Å²) in [4.78, 5) is 43.7. The molecule has 1 aromatic carbocycles. The van der Waals surface area contributed by atoms with E-state index in [1.165, 1.54) is 11.1 Å². The number of hydrogen-bond acceptors (Lipinski definition) is 8. The SMILES string of the molecule is O=C1CC(NC(=O)C2CCC3CC=CCC(NS(=O)(=O)c4nccc5ccccc45)C(=O)N32)C(O)O1. The Kier molecular flexibility index (Phi) is 6.49. The van der Waals surface area contributed by atoms with Crippen LogP contribution in [0, 0.1) is 0 Å². The number of amides is 2. The molecule has 1 aromatic heterocycles. The average Bonchev–Trinajstić information content (AvgIpc) is 3.40. The molecule has 190 valence electrons. The first-order valence-electron chi connectivity index (χ1n) is 11.8. The zero-order valence-electron chi connectivity index (χ0n) is 19.2. The molecule has 2 fully saturated rings. The first-order chi connectivity index (χ1) is 17.2. The van der Waals surface area contributed by atoms with Gasteiger partial charge in [-0.2, -0.15) is 4.72 Å². The maximum Gasteiger partial charge on any atom is 0.310 e. The molecule has 5 atom stereocenters. The Morgan fingerprint density at radius 1 is 1.11 bits per heavy atom. The lowest BCUT2D eigenvalue weighted by atomic mass is 10.1. The molecular weight excluding hydrogens is 488 g/mol. The lowest BCUT2D eigenvalue weighted by Crippen LogP contribution is -2.57. The van der Waals surface area contributed by atoms with E-state index in [0.29, 0.717) is 30.0 Å². The summed E-state index contributed by atoms with van der Waals surface area (Å²) in [7, 11) is -4.18. The summed E-state index contributed by atoms with van der Waals surface area (Å²) in [5.74, 6) is -1.65. The van der Waals surface area contributed by atoms with E-state index >= 15 is 0 Å². The van der Waals surface area contributed by atoms with Crippen LogP contribution in [0.25, 0.3) is 10.8 Å². The summed E-state index contributed by atoms with van der Waals surface area (Å²) in [6.45, 7) is 0. The molecule has 5 rings (SSSR count). The molecule has 5 unspecified atom stereocenters. The highest BCUT2D eigenvalue weighted by Crippen LogP contribution is 2.31. The minimum absolute atomic E-state index is 0.115. The van der Waals surface area contributed by atoms with Crippen molar-refractivity contribution in [1.29, 1.82) is 0 Å². The third-order valence-corrected chi connectivity index (χ3v) is 8.23. The number of pyridine rings is 1. The second kappa shape index (κ2) is 9.60. The van der Waals surface area contributed by atoms with Crippen molar-refractivity contribution < 1.29 is 32.6 Å². The van der Waals surface area contributed by atoms with Gasteiger partial charge >= 0.3 is 5.97 Å². The van der Waals surface area contributed by atoms with Gasteiger partial charge in [-0.05, 0) is 37.1 Å². The van der Waals surface area contributed by atoms with Crippen LogP contribution in [0.3, 0.4) is 0 Å². The van der Waals surface area contributed by atoms with E-state index in [9.17, 15) is 27.9 Å². The molecule has 3 aliphatic heterocycles. The third kappa shape index (κ3) is 4.59. The molecular formula is C24H26N4O7S. The second-order valence-corrected chi connectivity index (χ2v) is 10.8. The number of carbonyl (C=O) groups is 3. The van der Waals surface area contributed by atoms with Crippen LogP contribution in [0.15, 0.2) is 53.7 Å². The molecule has 0 saturated carbocycles. The average molecular weight is 515 g/mol. The van der Waals surface area contributed by atoms with Crippen LogP contribution in [0.4, 0.5) is 0 Å². The van der Waals surface area contributed by atoms with E-state index in [4.69, 9.17) is 0 Å². The number of hydrogen-bond donors (Lipinski definition) is 3. The molecule has 0 bridgehead atoms. The van der Waals surface area contributed by atoms with Crippen molar-refractivity contribution >= 4 is 38.6 Å². The summed E-state index contributed by atoms with van der Waals surface area (Å²) < 4.78 is 33.9. The van der Waals surface area contributed by atoms with Crippen LogP contribution in [-0.4, -0.2) is 71.6 Å². The largest absolute Gasteiger partial charge is 0.434 e. The molecule has 2 amide bonds. The van der Waals surface area contributed by atoms with E-state index in [-0.39, 0.29) is 23.9 Å². The number of cyclic esters (lactones) is 1. The van der Waals surface area contributed by atoms with Crippen LogP contribution < -0.4 is 10.0 Å². The maximum absolute atomic E-state index is 13.7. The zero-order valence-corrected chi connectivity index (χ0v) is 20.1. The first kappa shape index (κ1) is 24.3. The number of aliphatic hydroxyl groups is 1. The number of sulfonamides is 1. The fraction of sp³-hybridized carbons (Fsp3) is 0.417. The standard InChI is InChI=1S/C24H26N4O7S/c29-20-13-18(24(32)35-20)26-21(30)19-10-9-15-6-2-4-8-17(23(31)28(15)19)27-36(33,34)22-16-7-3-1-5-14(16)11-12-25-22/h1-5,7,11-12,15,17-19,24,27,32H,6,8-10,13H2,(H,26,30). The summed E-state index contributed by atoms with van der Waals surface area (Å²) in [6.07, 6.45) is 5.02. The van der Waals surface area contributed by atoms with Crippen LogP contribution >= 0.6 is 0 Å². The molecule has 12 heteroatoms. The van der Waals surface area contributed by atoms with Crippen molar-refractivity contribution in [3.8, 4) is 0 Å². The highest BCUT2D eigenvalue weighted by molar-refractivity contribution is 7.89. The van der Waals surface area contributed by atoms with Crippen molar-refractivity contribution in [3.63, 3.8) is 0 Å². The van der Waals surface area contributed by atoms with Crippen molar-refractivity contribution in [2.75, 3.05) is 0 Å². The van der Waals surface area contributed by atoms with Gasteiger partial charge in [0.1, 0.15) is 18.1 Å². The molecule has 36 heavy (non-hydrogen) atoms. The quantitative estimate of drug-likeness (QED) is 0.381. The van der Waals surface area contributed by atoms with E-state index < -0.39 is 52.2 Å². The Balaban J connectivity index is 1.39. The number of ether oxygens (including phenoxy) is 1. The van der Waals surface area contributed by atoms with Crippen LogP contribution in [0.5, 0.6) is 0 Å². The number of benzene rings is 1. The normalized spacial score (nSPS) is 28.5. The predicted octanol–water partition coefficient (Wildman–Crippen LogP) is 0.341. The number of esters is 1. The summed E-state index contributed by atoms with van der Waals surface area (Å²) in [6, 6.07) is 5.46. The number of nitrogens with one attached hydrogen (secondary N) is 2. The molecule has 0 aliphatic carbocycles. The Morgan fingerprint density at radius 2 is 1.89 bits per heavy atom. The number of rotatable bonds is 5. The number of aliphatic hydroxyl groups excluding tert-OH is 1. The van der Waals surface area contributed by atoms with Gasteiger partial charge < -0.3 is 20.1 Å². The third-order valence-electron chi connectivity index (χ3n) is 6.80. The number of carbonyl (C=O) groups excluding carboxylic acids is 3. The number of fused-ring (bicyclic) bond motifs is 2. The van der Waals surface area contributed by atoms with E-state index in [1.807, 2.05) is 6.08 Å². The minimum Gasteiger partial charge on any atom is -0.434 e. The molecule has 0 spiro atoms. The number of nitrogens with zero attached hydrogens (tertiary/aromatic N) is 2. The fourth-order valence-corrected chi connectivity index (χ4v) is 6.42. The molecule has 3 N–H and O–H groups in total. The Bertz CT molecular complexity index is 1340. The van der Waals surface area contributed by atoms with Gasteiger partial charge in [0.05, 0.1) is 6.42 Å². The first-order valence-corrected chi connectivity index (χ1v) is 13.2. The maximum atomic E-state index is 13.7. The van der Waals surface area contributed by atoms with Gasteiger partial charge in [0.15, 0.2) is 5.03 Å². The topological polar surface area (TPSA) is 155 Å². The molecule has 4 heterocycles. The van der Waals surface area contributed by atoms with Gasteiger partial charge in [-0.3, -0.25) is 14.4 Å². The minimum atomic E-state index is -4.18. The lowest BCUT2D eigenvalue weighted by Gasteiger charge is -2.34. The van der Waals surface area contributed by atoms with Gasteiger partial charge in [0.2, 0.25) is 18.1 Å². The van der Waals surface area contributed by atoms with Gasteiger partial charge in [0.25, 0.3) is 10.0 Å². The van der Waals surface area contributed by atoms with E-state index in [2.05, 4.69) is 19.8 Å². The summed E-state index contributed by atoms with van der Waals surface area (Å²) >= 11 is 0. The fourth-order valence-electron chi connectivity index (χ4n) is 5.07. The number of aromatic nitrogens is 1. The molecule has 0 radical (unpaired) electrons. The lowest BCUT2D eigenvalue weighted by molar-refractivity contribution is -0.155. The van der Waals surface area contributed by atoms with Crippen LogP contribution in [0.1, 0.15) is 32.1 Å². The molecule has 11 nitrogen and oxygen atoms in total. The van der Waals surface area contributed by atoms with Gasteiger partial charge in [-0.15, -0.1) is 0 Å². The van der Waals surface area contributed by atoms with Gasteiger partial charge in [-0.25, -0.2) is 13.4 Å². The Morgan fingerprint density at radius 3 is 2.67 bits per heavy atom. The van der Waals surface area contributed by atoms with Crippen LogP contribution in [-0.2, 0) is 29.1 Å². The molecule has 2 aromatic rings. The van der Waals surface area contributed by atoms with Crippen molar-refractivity contribution in [1.82, 2.24) is 19.9 Å². The highest BCUT2D eigenvalue weighted by atomic mass is 32.2. The summed E-state index contributed by atoms with van der Waals surface area (Å²) in [5, 5.41) is 13.4. The molecule has 3 aliphatic rings. The van der Waals surface area contributed by atoms with Gasteiger partial charge in [-0.1, -0.05) is 36.4 Å². The monoisotopic (exact) mass is 514 g/mol. The highest BCUT2D eigenvalue weighted by Gasteiger charge is 2.45. The van der Waals surface area contributed by atoms with Gasteiger partial charge in [0, 0.05) is 17.6 Å². The second-order valence-electron chi connectivity index (χ2n) is 9.15. The van der Waals surface area contributed by atoms with Crippen molar-refractivity contribution in [2.45, 2.75) is 67.6 Å². The van der Waals surface area contributed by atoms with Crippen molar-refractivity contribution in [2.24, 2.45) is 0 Å².